The Morgan fingerprint density at radius 1 is 1.33 bits per heavy atom. The van der Waals surface area contributed by atoms with E-state index in [0.717, 1.165) is 16.2 Å². The third kappa shape index (κ3) is 3.70. The van der Waals surface area contributed by atoms with Gasteiger partial charge in [-0.15, -0.1) is 11.3 Å². The van der Waals surface area contributed by atoms with E-state index in [2.05, 4.69) is 45.0 Å². The second-order valence-corrected chi connectivity index (χ2v) is 6.72. The molecule has 0 unspecified atom stereocenters. The summed E-state index contributed by atoms with van der Waals surface area (Å²) >= 11 is 1.67. The van der Waals surface area contributed by atoms with E-state index >= 15 is 0 Å². The first kappa shape index (κ1) is 16.4. The average Bonchev–Trinajstić information content (AvgIpc) is 3.13. The summed E-state index contributed by atoms with van der Waals surface area (Å²) < 4.78 is 0. The van der Waals surface area contributed by atoms with Gasteiger partial charge in [-0.3, -0.25) is 0 Å². The zero-order chi connectivity index (χ0) is 17.1. The topological polar surface area (TPSA) is 84.7 Å². The van der Waals surface area contributed by atoms with Crippen LogP contribution in [0.25, 0.3) is 11.0 Å². The zero-order valence-electron chi connectivity index (χ0n) is 13.9. The molecule has 0 atom stereocenters. The molecule has 1 aromatic carbocycles. The number of aromatic nitrogens is 4. The number of urea groups is 1. The second kappa shape index (κ2) is 6.96. The van der Waals surface area contributed by atoms with Gasteiger partial charge in [0.1, 0.15) is 11.0 Å². The number of benzene rings is 1. The molecule has 0 saturated heterocycles. The molecule has 2 N–H and O–H groups in total. The molecule has 0 saturated carbocycles. The molecule has 24 heavy (non-hydrogen) atoms. The molecule has 0 radical (unpaired) electrons. The van der Waals surface area contributed by atoms with E-state index in [4.69, 9.17) is 0 Å². The Hall–Kier alpha value is -2.48. The summed E-state index contributed by atoms with van der Waals surface area (Å²) in [7, 11) is 1.75. The highest BCUT2D eigenvalue weighted by molar-refractivity contribution is 7.09. The highest BCUT2D eigenvalue weighted by Crippen LogP contribution is 2.20. The van der Waals surface area contributed by atoms with E-state index in [1.54, 1.807) is 18.4 Å². The van der Waals surface area contributed by atoms with Crippen molar-refractivity contribution in [3.05, 3.63) is 34.3 Å². The van der Waals surface area contributed by atoms with Crippen LogP contribution in [0, 0.1) is 0 Å². The quantitative estimate of drug-likeness (QED) is 0.745. The van der Waals surface area contributed by atoms with E-state index < -0.39 is 0 Å². The number of anilines is 1. The van der Waals surface area contributed by atoms with Crippen molar-refractivity contribution >= 4 is 34.1 Å². The van der Waals surface area contributed by atoms with Gasteiger partial charge in [-0.05, 0) is 12.1 Å². The van der Waals surface area contributed by atoms with Gasteiger partial charge >= 0.3 is 6.03 Å². The van der Waals surface area contributed by atoms with E-state index in [-0.39, 0.29) is 6.03 Å². The first-order chi connectivity index (χ1) is 11.5. The largest absolute Gasteiger partial charge is 0.337 e. The summed E-state index contributed by atoms with van der Waals surface area (Å²) in [4.78, 5) is 18.1. The number of fused-ring (bicyclic) bond motifs is 1. The van der Waals surface area contributed by atoms with E-state index in [1.165, 1.54) is 4.80 Å². The number of hydrogen-bond donors (Lipinski definition) is 2. The van der Waals surface area contributed by atoms with Crippen LogP contribution in [0.15, 0.2) is 23.6 Å². The molecule has 0 spiro atoms. The van der Waals surface area contributed by atoms with Gasteiger partial charge in [0.15, 0.2) is 0 Å². The highest BCUT2D eigenvalue weighted by atomic mass is 32.1. The molecule has 0 fully saturated rings. The predicted octanol–water partition coefficient (Wildman–Crippen LogP) is 2.91. The van der Waals surface area contributed by atoms with Crippen LogP contribution in [0.3, 0.4) is 0 Å². The molecule has 0 aliphatic heterocycles. The number of carbonyl (C=O) groups is 1. The molecule has 2 heterocycles. The van der Waals surface area contributed by atoms with Gasteiger partial charge < -0.3 is 10.6 Å². The lowest BCUT2D eigenvalue weighted by atomic mass is 10.2. The third-order valence-electron chi connectivity index (χ3n) is 3.49. The molecule has 0 aliphatic rings. The van der Waals surface area contributed by atoms with Crippen LogP contribution in [-0.2, 0) is 13.5 Å². The Morgan fingerprint density at radius 2 is 2.17 bits per heavy atom. The van der Waals surface area contributed by atoms with Gasteiger partial charge in [0.2, 0.25) is 0 Å². The van der Waals surface area contributed by atoms with Crippen molar-refractivity contribution in [2.24, 2.45) is 7.05 Å². The van der Waals surface area contributed by atoms with Crippen LogP contribution in [0.1, 0.15) is 30.5 Å². The normalized spacial score (nSPS) is 11.2. The summed E-state index contributed by atoms with van der Waals surface area (Å²) in [6.45, 7) is 4.78. The fourth-order valence-electron chi connectivity index (χ4n) is 2.31. The molecule has 126 valence electrons. The number of carbonyl (C=O) groups excluding carboxylic acids is 1. The minimum atomic E-state index is -0.257. The maximum absolute atomic E-state index is 12.1. The zero-order valence-corrected chi connectivity index (χ0v) is 14.7. The fraction of sp³-hybridized carbons (Fsp3) is 0.375. The minimum absolute atomic E-state index is 0.257. The van der Waals surface area contributed by atoms with Gasteiger partial charge in [-0.25, -0.2) is 9.78 Å². The number of aryl methyl sites for hydroxylation is 1. The molecular formula is C16H20N6OS. The molecule has 3 aromatic rings. The van der Waals surface area contributed by atoms with Gasteiger partial charge in [0.25, 0.3) is 0 Å². The minimum Gasteiger partial charge on any atom is -0.337 e. The Kier molecular flexibility index (Phi) is 4.75. The van der Waals surface area contributed by atoms with Crippen molar-refractivity contribution in [3.63, 3.8) is 0 Å². The summed E-state index contributed by atoms with van der Waals surface area (Å²) in [6, 6.07) is 5.26. The smallest absolute Gasteiger partial charge is 0.319 e. The third-order valence-corrected chi connectivity index (χ3v) is 4.68. The van der Waals surface area contributed by atoms with Crippen LogP contribution >= 0.6 is 11.3 Å². The van der Waals surface area contributed by atoms with Gasteiger partial charge in [0, 0.05) is 31.3 Å². The number of thiazole rings is 1. The molecule has 2 aromatic heterocycles. The number of amides is 2. The number of rotatable bonds is 5. The summed E-state index contributed by atoms with van der Waals surface area (Å²) in [6.07, 6.45) is 0.714. The first-order valence-corrected chi connectivity index (χ1v) is 8.70. The number of nitrogens with zero attached hydrogens (tertiary/aromatic N) is 4. The van der Waals surface area contributed by atoms with Gasteiger partial charge in [-0.1, -0.05) is 19.9 Å². The van der Waals surface area contributed by atoms with Crippen molar-refractivity contribution in [2.75, 3.05) is 11.9 Å². The lowest BCUT2D eigenvalue weighted by Gasteiger charge is -2.07. The molecule has 3 rings (SSSR count). The van der Waals surface area contributed by atoms with Crippen LogP contribution < -0.4 is 10.6 Å². The van der Waals surface area contributed by atoms with E-state index in [1.807, 2.05) is 18.2 Å². The van der Waals surface area contributed by atoms with Crippen LogP contribution in [0.5, 0.6) is 0 Å². The molecule has 7 nitrogen and oxygen atoms in total. The van der Waals surface area contributed by atoms with Crippen LogP contribution in [0.4, 0.5) is 10.5 Å². The number of hydrogen-bond acceptors (Lipinski definition) is 5. The monoisotopic (exact) mass is 344 g/mol. The van der Waals surface area contributed by atoms with Crippen molar-refractivity contribution in [3.8, 4) is 0 Å². The fourth-order valence-corrected chi connectivity index (χ4v) is 3.18. The molecule has 8 heteroatoms. The SMILES string of the molecule is CC(C)c1nc(CCNC(=O)Nc2cccc3nn(C)nc23)cs1. The Balaban J connectivity index is 1.55. The highest BCUT2D eigenvalue weighted by Gasteiger charge is 2.10. The number of nitrogens with one attached hydrogen (secondary N) is 2. The summed E-state index contributed by atoms with van der Waals surface area (Å²) in [5.74, 6) is 0.437. The van der Waals surface area contributed by atoms with Crippen molar-refractivity contribution in [1.29, 1.82) is 0 Å². The van der Waals surface area contributed by atoms with E-state index in [9.17, 15) is 4.79 Å². The molecule has 2 amide bonds. The van der Waals surface area contributed by atoms with Gasteiger partial charge in [-0.2, -0.15) is 15.0 Å². The maximum Gasteiger partial charge on any atom is 0.319 e. The summed E-state index contributed by atoms with van der Waals surface area (Å²) in [5, 5.41) is 17.3. The van der Waals surface area contributed by atoms with Crippen molar-refractivity contribution < 1.29 is 4.79 Å². The van der Waals surface area contributed by atoms with Crippen molar-refractivity contribution in [2.45, 2.75) is 26.2 Å². The Bertz CT molecular complexity index is 853. The maximum atomic E-state index is 12.1. The molecule has 0 aliphatic carbocycles. The van der Waals surface area contributed by atoms with E-state index in [0.29, 0.717) is 30.1 Å². The average molecular weight is 344 g/mol. The van der Waals surface area contributed by atoms with Gasteiger partial charge in [0.05, 0.1) is 16.4 Å². The molecular weight excluding hydrogens is 324 g/mol. The lowest BCUT2D eigenvalue weighted by Crippen LogP contribution is -2.30. The Labute approximate surface area is 144 Å². The Morgan fingerprint density at radius 3 is 2.92 bits per heavy atom. The van der Waals surface area contributed by atoms with Crippen LogP contribution in [-0.4, -0.2) is 32.6 Å². The lowest BCUT2D eigenvalue weighted by molar-refractivity contribution is 0.252. The van der Waals surface area contributed by atoms with Crippen LogP contribution in [0.2, 0.25) is 0 Å². The predicted molar refractivity (Wildman–Crippen MR) is 95.4 cm³/mol. The molecule has 0 bridgehead atoms. The van der Waals surface area contributed by atoms with Crippen molar-refractivity contribution in [1.82, 2.24) is 25.3 Å². The second-order valence-electron chi connectivity index (χ2n) is 5.83. The summed E-state index contributed by atoms with van der Waals surface area (Å²) in [5.41, 5.74) is 3.09. The standard InChI is InChI=1S/C16H20N6OS/c1-10(2)15-18-11(9-24-15)7-8-17-16(23)19-12-5-4-6-13-14(12)21-22(3)20-13/h4-6,9-10H,7-8H2,1-3H3,(H2,17,19,23). The first-order valence-electron chi connectivity index (χ1n) is 7.82.